The molecule has 0 heterocycles. The lowest BCUT2D eigenvalue weighted by molar-refractivity contribution is -0.141. The van der Waals surface area contributed by atoms with Gasteiger partial charge >= 0.3 is 12.0 Å². The van der Waals surface area contributed by atoms with Gasteiger partial charge in [0.1, 0.15) is 5.82 Å². The van der Waals surface area contributed by atoms with Crippen LogP contribution in [0.3, 0.4) is 0 Å². The van der Waals surface area contributed by atoms with Crippen molar-refractivity contribution in [3.63, 3.8) is 0 Å². The minimum absolute atomic E-state index is 0.0825. The molecule has 1 aromatic carbocycles. The van der Waals surface area contributed by atoms with Crippen LogP contribution in [0.15, 0.2) is 12.1 Å². The van der Waals surface area contributed by atoms with Crippen LogP contribution in [0.25, 0.3) is 0 Å². The van der Waals surface area contributed by atoms with Gasteiger partial charge in [0.2, 0.25) is 0 Å². The Hall–Kier alpha value is -2.11. The third kappa shape index (κ3) is 5.06. The fraction of sp³-hybridized carbons (Fsp3) is 0.467. The summed E-state index contributed by atoms with van der Waals surface area (Å²) in [4.78, 5) is 22.4. The Kier molecular flexibility index (Phi) is 6.14. The van der Waals surface area contributed by atoms with E-state index in [1.165, 1.54) is 0 Å². The number of nitrogens with one attached hydrogen (secondary N) is 2. The van der Waals surface area contributed by atoms with Crippen molar-refractivity contribution in [1.29, 1.82) is 0 Å². The molecule has 0 aromatic heterocycles. The second kappa shape index (κ2) is 7.61. The van der Waals surface area contributed by atoms with Crippen molar-refractivity contribution in [2.24, 2.45) is 5.92 Å². The van der Waals surface area contributed by atoms with Crippen molar-refractivity contribution < 1.29 is 19.1 Å². The average Bonchev–Trinajstić information content (AvgIpc) is 2.42. The lowest BCUT2D eigenvalue weighted by Crippen LogP contribution is -2.39. The molecule has 1 aromatic rings. The van der Waals surface area contributed by atoms with Crippen molar-refractivity contribution >= 4 is 12.0 Å². The second-order valence-electron chi connectivity index (χ2n) is 5.05. The van der Waals surface area contributed by atoms with E-state index >= 15 is 0 Å². The number of carbonyl (C=O) groups is 2. The number of carboxylic acids is 1. The van der Waals surface area contributed by atoms with Gasteiger partial charge in [0.15, 0.2) is 0 Å². The molecule has 1 unspecified atom stereocenters. The topological polar surface area (TPSA) is 78.4 Å². The number of carboxylic acid groups (broad SMARTS) is 1. The van der Waals surface area contributed by atoms with E-state index in [9.17, 15) is 14.0 Å². The molecule has 0 aliphatic rings. The van der Waals surface area contributed by atoms with Gasteiger partial charge in [0, 0.05) is 13.1 Å². The van der Waals surface area contributed by atoms with Crippen molar-refractivity contribution in [2.45, 2.75) is 33.7 Å². The molecule has 0 bridgehead atoms. The lowest BCUT2D eigenvalue weighted by Gasteiger charge is -2.12. The van der Waals surface area contributed by atoms with Gasteiger partial charge in [-0.1, -0.05) is 19.1 Å². The van der Waals surface area contributed by atoms with Crippen molar-refractivity contribution in [3.05, 3.63) is 34.6 Å². The molecule has 21 heavy (non-hydrogen) atoms. The highest BCUT2D eigenvalue weighted by Gasteiger charge is 2.15. The third-order valence-corrected chi connectivity index (χ3v) is 3.30. The maximum Gasteiger partial charge on any atom is 0.315 e. The zero-order valence-corrected chi connectivity index (χ0v) is 12.5. The number of urea groups is 1. The number of amides is 2. The normalized spacial score (nSPS) is 11.8. The van der Waals surface area contributed by atoms with Gasteiger partial charge in [0.05, 0.1) is 5.92 Å². The van der Waals surface area contributed by atoms with Crippen molar-refractivity contribution in [3.8, 4) is 0 Å². The molecule has 2 amide bonds. The first kappa shape index (κ1) is 16.9. The molecule has 6 heteroatoms. The lowest BCUT2D eigenvalue weighted by atomic mass is 10.1. The molecule has 0 saturated carbocycles. The zero-order valence-electron chi connectivity index (χ0n) is 12.5. The third-order valence-electron chi connectivity index (χ3n) is 3.30. The Bertz CT molecular complexity index is 509. The Morgan fingerprint density at radius 2 is 1.81 bits per heavy atom. The summed E-state index contributed by atoms with van der Waals surface area (Å²) in [5, 5.41) is 14.0. The van der Waals surface area contributed by atoms with E-state index in [2.05, 4.69) is 10.6 Å². The van der Waals surface area contributed by atoms with E-state index in [1.54, 1.807) is 32.9 Å². The number of aliphatic carboxylic acids is 1. The first-order chi connectivity index (χ1) is 9.85. The minimum Gasteiger partial charge on any atom is -0.481 e. The van der Waals surface area contributed by atoms with Crippen molar-refractivity contribution in [2.75, 3.05) is 6.54 Å². The molecule has 0 aliphatic heterocycles. The number of aryl methyl sites for hydroxylation is 2. The number of benzene rings is 1. The van der Waals surface area contributed by atoms with Gasteiger partial charge in [0.25, 0.3) is 0 Å². The van der Waals surface area contributed by atoms with Crippen LogP contribution in [0.1, 0.15) is 30.0 Å². The van der Waals surface area contributed by atoms with Gasteiger partial charge in [-0.2, -0.15) is 0 Å². The fourth-order valence-corrected chi connectivity index (χ4v) is 2.00. The maximum absolute atomic E-state index is 13.5. The number of hydrogen-bond donors (Lipinski definition) is 3. The number of halogens is 1. The van der Waals surface area contributed by atoms with Gasteiger partial charge in [-0.15, -0.1) is 0 Å². The van der Waals surface area contributed by atoms with Crippen LogP contribution < -0.4 is 10.6 Å². The molecule has 1 rings (SSSR count). The molecule has 0 aliphatic carbocycles. The largest absolute Gasteiger partial charge is 0.481 e. The van der Waals surface area contributed by atoms with Crippen LogP contribution >= 0.6 is 0 Å². The molecule has 1 atom stereocenters. The summed E-state index contributed by atoms with van der Waals surface area (Å²) in [5.41, 5.74) is 1.86. The number of rotatable bonds is 6. The molecule has 5 nitrogen and oxygen atoms in total. The first-order valence-electron chi connectivity index (χ1n) is 6.85. The molecule has 116 valence electrons. The molecule has 0 radical (unpaired) electrons. The van der Waals surface area contributed by atoms with E-state index < -0.39 is 17.9 Å². The predicted molar refractivity (Wildman–Crippen MR) is 77.5 cm³/mol. The Morgan fingerprint density at radius 3 is 2.29 bits per heavy atom. The monoisotopic (exact) mass is 296 g/mol. The van der Waals surface area contributed by atoms with Gasteiger partial charge < -0.3 is 15.7 Å². The summed E-state index contributed by atoms with van der Waals surface area (Å²) in [6.07, 6.45) is 0.450. The van der Waals surface area contributed by atoms with E-state index in [0.717, 1.165) is 5.56 Å². The summed E-state index contributed by atoms with van der Waals surface area (Å²) in [7, 11) is 0. The molecule has 0 saturated heterocycles. The summed E-state index contributed by atoms with van der Waals surface area (Å²) in [6, 6.07) is 2.91. The standard InChI is InChI=1S/C15H21FN2O3/c1-4-12(14(19)20)8-18-15(21)17-7-11-5-9(2)13(16)10(3)6-11/h5-6,12H,4,7-8H2,1-3H3,(H,19,20)(H2,17,18,21). The average molecular weight is 296 g/mol. The van der Waals surface area contributed by atoms with Crippen LogP contribution in [0.5, 0.6) is 0 Å². The molecule has 0 fully saturated rings. The van der Waals surface area contributed by atoms with Crippen LogP contribution in [0, 0.1) is 25.6 Å². The molecule has 0 spiro atoms. The van der Waals surface area contributed by atoms with Crippen molar-refractivity contribution in [1.82, 2.24) is 10.6 Å². The SMILES string of the molecule is CCC(CNC(=O)NCc1cc(C)c(F)c(C)c1)C(=O)O. The smallest absolute Gasteiger partial charge is 0.315 e. The predicted octanol–water partition coefficient (Wildman–Crippen LogP) is 2.35. The fourth-order valence-electron chi connectivity index (χ4n) is 2.00. The summed E-state index contributed by atoms with van der Waals surface area (Å²) < 4.78 is 13.5. The van der Waals surface area contributed by atoms with Crippen LogP contribution in [0.2, 0.25) is 0 Å². The minimum atomic E-state index is -0.928. The highest BCUT2D eigenvalue weighted by molar-refractivity contribution is 5.75. The zero-order chi connectivity index (χ0) is 16.0. The number of carbonyl (C=O) groups excluding carboxylic acids is 1. The second-order valence-corrected chi connectivity index (χ2v) is 5.05. The van der Waals surface area contributed by atoms with E-state index in [4.69, 9.17) is 5.11 Å². The summed E-state index contributed by atoms with van der Waals surface area (Å²) in [6.45, 7) is 5.44. The first-order valence-corrected chi connectivity index (χ1v) is 6.85. The summed E-state index contributed by atoms with van der Waals surface area (Å²) in [5.74, 6) is -1.76. The summed E-state index contributed by atoms with van der Waals surface area (Å²) >= 11 is 0. The number of hydrogen-bond acceptors (Lipinski definition) is 2. The quantitative estimate of drug-likeness (QED) is 0.754. The highest BCUT2D eigenvalue weighted by Crippen LogP contribution is 2.14. The van der Waals surface area contributed by atoms with Gasteiger partial charge in [-0.3, -0.25) is 4.79 Å². The Morgan fingerprint density at radius 1 is 1.24 bits per heavy atom. The Balaban J connectivity index is 2.48. The van der Waals surface area contributed by atoms with Gasteiger partial charge in [-0.05, 0) is 37.0 Å². The van der Waals surface area contributed by atoms with Crippen LogP contribution in [-0.2, 0) is 11.3 Å². The molecular formula is C15H21FN2O3. The maximum atomic E-state index is 13.5. The molecule has 3 N–H and O–H groups in total. The van der Waals surface area contributed by atoms with Crippen LogP contribution in [0.4, 0.5) is 9.18 Å². The molecular weight excluding hydrogens is 275 g/mol. The Labute approximate surface area is 123 Å². The highest BCUT2D eigenvalue weighted by atomic mass is 19.1. The van der Waals surface area contributed by atoms with Gasteiger partial charge in [-0.25, -0.2) is 9.18 Å². The van der Waals surface area contributed by atoms with Crippen LogP contribution in [-0.4, -0.2) is 23.7 Å². The van der Waals surface area contributed by atoms with E-state index in [-0.39, 0.29) is 18.9 Å². The van der Waals surface area contributed by atoms with E-state index in [0.29, 0.717) is 17.5 Å². The van der Waals surface area contributed by atoms with E-state index in [1.807, 2.05) is 0 Å².